The van der Waals surface area contributed by atoms with Crippen LogP contribution in [0.1, 0.15) is 33.6 Å². The van der Waals surface area contributed by atoms with Crippen LogP contribution in [0.25, 0.3) is 0 Å². The van der Waals surface area contributed by atoms with Crippen LogP contribution in [0.3, 0.4) is 0 Å². The van der Waals surface area contributed by atoms with Crippen LogP contribution in [-0.4, -0.2) is 35.1 Å². The number of anilines is 3. The Bertz CT molecular complexity index is 1070. The highest BCUT2D eigenvalue weighted by atomic mass is 35.5. The molecule has 3 aromatic rings. The van der Waals surface area contributed by atoms with Gasteiger partial charge >= 0.3 is 0 Å². The lowest BCUT2D eigenvalue weighted by atomic mass is 10.1. The number of aromatic nitrogens is 2. The topological polar surface area (TPSA) is 88.2 Å². The number of halogens is 2. The first-order chi connectivity index (χ1) is 15.0. The van der Waals surface area contributed by atoms with Gasteiger partial charge in [0.1, 0.15) is 16.8 Å². The number of nitrogens with one attached hydrogen (secondary N) is 3. The van der Waals surface area contributed by atoms with E-state index in [-0.39, 0.29) is 24.4 Å². The van der Waals surface area contributed by atoms with E-state index in [0.29, 0.717) is 32.4 Å². The predicted octanol–water partition coefficient (Wildman–Crippen LogP) is 5.36. The molecule has 1 atom stereocenters. The standard InChI is InChI=1S/C22H24ClN5O2S.ClH/c1-13-9-18(26-19(10-13)30-15-6-4-8-24-11-15)27-22-25-12-17(31-22)21(29)28-20-14(2)5-3-7-16(20)23;/h3,5,7,9-10,12,15,24H,4,6,8,11H2,1-2H3,(H,28,29)(H,25,26,27);1H/t15-;/m0./s1. The molecule has 2 aromatic heterocycles. The number of benzene rings is 1. The molecular weight excluding hydrogens is 469 g/mol. The van der Waals surface area contributed by atoms with Crippen LogP contribution in [0.4, 0.5) is 16.6 Å². The zero-order chi connectivity index (χ0) is 21.8. The van der Waals surface area contributed by atoms with Crippen molar-refractivity contribution in [2.75, 3.05) is 23.7 Å². The smallest absolute Gasteiger partial charge is 0.267 e. The third-order valence-electron chi connectivity index (χ3n) is 4.91. The fourth-order valence-electron chi connectivity index (χ4n) is 3.36. The van der Waals surface area contributed by atoms with Gasteiger partial charge in [-0.15, -0.1) is 12.4 Å². The molecule has 1 aliphatic rings. The van der Waals surface area contributed by atoms with Gasteiger partial charge in [0.15, 0.2) is 5.13 Å². The number of ether oxygens (including phenoxy) is 1. The van der Waals surface area contributed by atoms with Crippen LogP contribution in [0.2, 0.25) is 5.02 Å². The summed E-state index contributed by atoms with van der Waals surface area (Å²) in [6, 6.07) is 9.33. The molecule has 32 heavy (non-hydrogen) atoms. The molecule has 3 N–H and O–H groups in total. The molecule has 3 heterocycles. The minimum Gasteiger partial charge on any atom is -0.473 e. The Morgan fingerprint density at radius 1 is 1.31 bits per heavy atom. The summed E-state index contributed by atoms with van der Waals surface area (Å²) in [5.74, 6) is 0.953. The molecule has 1 aliphatic heterocycles. The lowest BCUT2D eigenvalue weighted by Crippen LogP contribution is -2.37. The van der Waals surface area contributed by atoms with E-state index in [4.69, 9.17) is 16.3 Å². The van der Waals surface area contributed by atoms with Gasteiger partial charge in [0.05, 0.1) is 16.9 Å². The van der Waals surface area contributed by atoms with Crippen molar-refractivity contribution in [3.8, 4) is 5.88 Å². The number of amides is 1. The Morgan fingerprint density at radius 3 is 2.91 bits per heavy atom. The van der Waals surface area contributed by atoms with Gasteiger partial charge in [-0.05, 0) is 56.5 Å². The highest BCUT2D eigenvalue weighted by Gasteiger charge is 2.17. The SMILES string of the molecule is Cc1cc(Nc2ncc(C(=O)Nc3c(C)cccc3Cl)s2)nc(O[C@H]2CCCNC2)c1.Cl. The average Bonchev–Trinajstić information content (AvgIpc) is 3.19. The Morgan fingerprint density at radius 2 is 2.16 bits per heavy atom. The first kappa shape index (κ1) is 24.3. The van der Waals surface area contributed by atoms with Crippen molar-refractivity contribution in [1.82, 2.24) is 15.3 Å². The van der Waals surface area contributed by atoms with Gasteiger partial charge in [-0.25, -0.2) is 4.98 Å². The first-order valence-electron chi connectivity index (χ1n) is 10.1. The molecule has 4 rings (SSSR count). The molecular formula is C22H25Cl2N5O2S. The fraction of sp³-hybridized carbons (Fsp3) is 0.318. The van der Waals surface area contributed by atoms with Crippen LogP contribution in [0.15, 0.2) is 36.5 Å². The summed E-state index contributed by atoms with van der Waals surface area (Å²) >= 11 is 7.46. The predicted molar refractivity (Wildman–Crippen MR) is 132 cm³/mol. The summed E-state index contributed by atoms with van der Waals surface area (Å²) in [4.78, 5) is 22.0. The summed E-state index contributed by atoms with van der Waals surface area (Å²) in [7, 11) is 0. The highest BCUT2D eigenvalue weighted by molar-refractivity contribution is 7.17. The maximum Gasteiger partial charge on any atom is 0.267 e. The highest BCUT2D eigenvalue weighted by Crippen LogP contribution is 2.28. The van der Waals surface area contributed by atoms with Crippen molar-refractivity contribution in [3.05, 3.63) is 57.6 Å². The average molecular weight is 494 g/mol. The molecule has 0 unspecified atom stereocenters. The van der Waals surface area contributed by atoms with Gasteiger partial charge < -0.3 is 20.7 Å². The molecule has 10 heteroatoms. The summed E-state index contributed by atoms with van der Waals surface area (Å²) in [6.45, 7) is 5.75. The zero-order valence-electron chi connectivity index (χ0n) is 17.8. The number of carbonyl (C=O) groups excluding carboxylic acids is 1. The minimum atomic E-state index is -0.257. The van der Waals surface area contributed by atoms with E-state index in [2.05, 4.69) is 25.9 Å². The maximum atomic E-state index is 12.6. The number of pyridine rings is 1. The summed E-state index contributed by atoms with van der Waals surface area (Å²) < 4.78 is 6.04. The van der Waals surface area contributed by atoms with Crippen molar-refractivity contribution in [1.29, 1.82) is 0 Å². The quantitative estimate of drug-likeness (QED) is 0.428. The Labute approximate surface area is 202 Å². The molecule has 1 saturated heterocycles. The Kier molecular flexibility index (Phi) is 8.31. The summed E-state index contributed by atoms with van der Waals surface area (Å²) in [6.07, 6.45) is 3.77. The second-order valence-electron chi connectivity index (χ2n) is 7.49. The molecule has 0 aliphatic carbocycles. The van der Waals surface area contributed by atoms with E-state index in [9.17, 15) is 4.79 Å². The molecule has 0 spiro atoms. The second kappa shape index (κ2) is 11.0. The lowest BCUT2D eigenvalue weighted by molar-refractivity contribution is 0.103. The molecule has 1 amide bonds. The van der Waals surface area contributed by atoms with E-state index >= 15 is 0 Å². The van der Waals surface area contributed by atoms with E-state index < -0.39 is 0 Å². The van der Waals surface area contributed by atoms with Crippen LogP contribution >= 0.6 is 35.3 Å². The Balaban J connectivity index is 0.00000289. The number of aryl methyl sites for hydroxylation is 2. The lowest BCUT2D eigenvalue weighted by Gasteiger charge is -2.23. The number of rotatable bonds is 6. The van der Waals surface area contributed by atoms with E-state index in [1.54, 1.807) is 6.07 Å². The van der Waals surface area contributed by atoms with Crippen LogP contribution in [0, 0.1) is 13.8 Å². The largest absolute Gasteiger partial charge is 0.473 e. The monoisotopic (exact) mass is 493 g/mol. The number of para-hydroxylation sites is 1. The van der Waals surface area contributed by atoms with Gasteiger partial charge in [-0.3, -0.25) is 4.79 Å². The Hall–Kier alpha value is -2.39. The number of hydrogen-bond acceptors (Lipinski definition) is 7. The number of piperidine rings is 1. The van der Waals surface area contributed by atoms with Crippen LogP contribution in [0.5, 0.6) is 5.88 Å². The number of hydrogen-bond donors (Lipinski definition) is 3. The van der Waals surface area contributed by atoms with Crippen LogP contribution in [-0.2, 0) is 0 Å². The van der Waals surface area contributed by atoms with Crippen molar-refractivity contribution in [3.63, 3.8) is 0 Å². The number of thiazole rings is 1. The van der Waals surface area contributed by atoms with E-state index in [0.717, 1.165) is 37.1 Å². The van der Waals surface area contributed by atoms with E-state index in [1.165, 1.54) is 17.5 Å². The van der Waals surface area contributed by atoms with Crippen molar-refractivity contribution < 1.29 is 9.53 Å². The third-order valence-corrected chi connectivity index (χ3v) is 6.14. The number of carbonyl (C=O) groups is 1. The van der Waals surface area contributed by atoms with Gasteiger partial charge in [0.25, 0.3) is 5.91 Å². The molecule has 1 fully saturated rings. The molecule has 170 valence electrons. The van der Waals surface area contributed by atoms with Crippen molar-refractivity contribution >= 4 is 57.9 Å². The fourth-order valence-corrected chi connectivity index (χ4v) is 4.35. The van der Waals surface area contributed by atoms with Crippen molar-refractivity contribution in [2.24, 2.45) is 0 Å². The number of nitrogens with zero attached hydrogens (tertiary/aromatic N) is 2. The molecule has 0 bridgehead atoms. The first-order valence-corrected chi connectivity index (χ1v) is 11.3. The zero-order valence-corrected chi connectivity index (χ0v) is 20.2. The van der Waals surface area contributed by atoms with Gasteiger partial charge in [0, 0.05) is 12.6 Å². The normalized spacial score (nSPS) is 15.5. The third kappa shape index (κ3) is 6.10. The van der Waals surface area contributed by atoms with Gasteiger partial charge in [-0.1, -0.05) is 35.1 Å². The van der Waals surface area contributed by atoms with Crippen molar-refractivity contribution in [2.45, 2.75) is 32.8 Å². The van der Waals surface area contributed by atoms with E-state index in [1.807, 2.05) is 38.1 Å². The molecule has 0 saturated carbocycles. The molecule has 1 aromatic carbocycles. The second-order valence-corrected chi connectivity index (χ2v) is 8.93. The van der Waals surface area contributed by atoms with Gasteiger partial charge in [-0.2, -0.15) is 4.98 Å². The summed E-state index contributed by atoms with van der Waals surface area (Å²) in [5.41, 5.74) is 2.53. The van der Waals surface area contributed by atoms with Crippen LogP contribution < -0.4 is 20.7 Å². The summed E-state index contributed by atoms with van der Waals surface area (Å²) in [5, 5.41) is 10.5. The van der Waals surface area contributed by atoms with Gasteiger partial charge in [0.2, 0.25) is 5.88 Å². The maximum absolute atomic E-state index is 12.6. The molecule has 0 radical (unpaired) electrons. The minimum absolute atomic E-state index is 0. The molecule has 7 nitrogen and oxygen atoms in total.